The Morgan fingerprint density at radius 3 is 2.57 bits per heavy atom. The highest BCUT2D eigenvalue weighted by Crippen LogP contribution is 2.24. The molecule has 1 heterocycles. The molecule has 1 aliphatic heterocycles. The van der Waals surface area contributed by atoms with Crippen molar-refractivity contribution < 1.29 is 19.4 Å². The van der Waals surface area contributed by atoms with Crippen molar-refractivity contribution in [1.82, 2.24) is 4.90 Å². The molecule has 5 heteroatoms. The number of aryl methyl sites for hydroxylation is 1. The van der Waals surface area contributed by atoms with Gasteiger partial charge >= 0.3 is 5.97 Å². The molecule has 1 fully saturated rings. The van der Waals surface area contributed by atoms with Gasteiger partial charge in [-0.05, 0) is 37.5 Å². The van der Waals surface area contributed by atoms with E-state index in [0.717, 1.165) is 12.0 Å². The molecule has 0 radical (unpaired) electrons. The zero-order valence-corrected chi connectivity index (χ0v) is 13.0. The van der Waals surface area contributed by atoms with E-state index in [0.29, 0.717) is 24.3 Å². The number of amides is 1. The summed E-state index contributed by atoms with van der Waals surface area (Å²) >= 11 is 0. The number of hydrogen-bond donors (Lipinski definition) is 1. The maximum atomic E-state index is 12.5. The summed E-state index contributed by atoms with van der Waals surface area (Å²) in [6.07, 6.45) is 1.25. The van der Waals surface area contributed by atoms with E-state index in [2.05, 4.69) is 0 Å². The Bertz CT molecular complexity index is 513. The van der Waals surface area contributed by atoms with Crippen molar-refractivity contribution >= 4 is 11.9 Å². The lowest BCUT2D eigenvalue weighted by atomic mass is 10.1. The molecule has 1 aromatic rings. The van der Waals surface area contributed by atoms with Gasteiger partial charge in [-0.2, -0.15) is 0 Å². The van der Waals surface area contributed by atoms with Gasteiger partial charge in [-0.3, -0.25) is 4.79 Å². The zero-order valence-electron chi connectivity index (χ0n) is 13.0. The normalized spacial score (nSPS) is 17.0. The molecule has 0 spiro atoms. The number of nitrogens with zero attached hydrogens (tertiary/aromatic N) is 1. The number of carbonyl (C=O) groups excluding carboxylic acids is 1. The van der Waals surface area contributed by atoms with Crippen molar-refractivity contribution in [1.29, 1.82) is 0 Å². The third-order valence-electron chi connectivity index (χ3n) is 3.47. The van der Waals surface area contributed by atoms with Crippen molar-refractivity contribution in [2.24, 2.45) is 0 Å². The number of carbonyl (C=O) groups is 2. The molecule has 1 aliphatic rings. The molecule has 0 aromatic heterocycles. The first-order valence-electron chi connectivity index (χ1n) is 7.23. The van der Waals surface area contributed by atoms with Crippen LogP contribution < -0.4 is 4.74 Å². The minimum absolute atomic E-state index is 0.235. The first-order valence-corrected chi connectivity index (χ1v) is 7.23. The Balaban J connectivity index is 0.00000106. The van der Waals surface area contributed by atoms with Gasteiger partial charge in [-0.1, -0.05) is 19.9 Å². The number of carboxylic acid groups (broad SMARTS) is 1. The third kappa shape index (κ3) is 3.74. The van der Waals surface area contributed by atoms with Crippen LogP contribution in [0, 0.1) is 6.92 Å². The van der Waals surface area contributed by atoms with Crippen LogP contribution in [0.25, 0.3) is 0 Å². The molecule has 0 bridgehead atoms. The molecular weight excluding hydrogens is 270 g/mol. The van der Waals surface area contributed by atoms with Crippen LogP contribution in [0.5, 0.6) is 5.75 Å². The van der Waals surface area contributed by atoms with Gasteiger partial charge in [-0.15, -0.1) is 0 Å². The summed E-state index contributed by atoms with van der Waals surface area (Å²) in [5.41, 5.74) is 1.33. The third-order valence-corrected chi connectivity index (χ3v) is 3.47. The van der Waals surface area contributed by atoms with Gasteiger partial charge in [0.05, 0.1) is 7.11 Å². The topological polar surface area (TPSA) is 66.8 Å². The Morgan fingerprint density at radius 2 is 2.00 bits per heavy atom. The Morgan fingerprint density at radius 1 is 1.33 bits per heavy atom. The second-order valence-corrected chi connectivity index (χ2v) is 4.68. The van der Waals surface area contributed by atoms with E-state index in [9.17, 15) is 9.59 Å². The van der Waals surface area contributed by atoms with Crippen LogP contribution in [-0.2, 0) is 4.79 Å². The minimum Gasteiger partial charge on any atom is -0.497 e. The van der Waals surface area contributed by atoms with E-state index in [1.165, 1.54) is 12.0 Å². The summed E-state index contributed by atoms with van der Waals surface area (Å²) in [7, 11) is 1.54. The lowest BCUT2D eigenvalue weighted by molar-refractivity contribution is -0.141. The maximum absolute atomic E-state index is 12.5. The van der Waals surface area contributed by atoms with Crippen LogP contribution in [0.3, 0.4) is 0 Å². The summed E-state index contributed by atoms with van der Waals surface area (Å²) in [5, 5.41) is 9.13. The molecule has 2 rings (SSSR count). The lowest BCUT2D eigenvalue weighted by Crippen LogP contribution is -2.40. The van der Waals surface area contributed by atoms with Gasteiger partial charge in [0.15, 0.2) is 0 Å². The SMILES string of the molecule is CC.COc1ccc(C)c(C(=O)N2CCC[C@H]2C(=O)O)c1. The number of methoxy groups -OCH3 is 1. The number of rotatable bonds is 3. The molecule has 0 aliphatic carbocycles. The lowest BCUT2D eigenvalue weighted by Gasteiger charge is -2.22. The highest BCUT2D eigenvalue weighted by molar-refractivity contribution is 5.98. The number of aliphatic carboxylic acids is 1. The molecule has 0 unspecified atom stereocenters. The van der Waals surface area contributed by atoms with Crippen LogP contribution in [0.2, 0.25) is 0 Å². The largest absolute Gasteiger partial charge is 0.497 e. The summed E-state index contributed by atoms with van der Waals surface area (Å²) in [5.74, 6) is -0.576. The second-order valence-electron chi connectivity index (χ2n) is 4.68. The monoisotopic (exact) mass is 293 g/mol. The molecule has 116 valence electrons. The highest BCUT2D eigenvalue weighted by atomic mass is 16.5. The van der Waals surface area contributed by atoms with Crippen LogP contribution in [0.4, 0.5) is 0 Å². The number of ether oxygens (including phenoxy) is 1. The fraction of sp³-hybridized carbons (Fsp3) is 0.500. The van der Waals surface area contributed by atoms with E-state index in [1.807, 2.05) is 20.8 Å². The van der Waals surface area contributed by atoms with Crippen molar-refractivity contribution in [2.45, 2.75) is 39.7 Å². The molecular formula is C16H23NO4. The molecule has 5 nitrogen and oxygen atoms in total. The second kappa shape index (κ2) is 7.67. The van der Waals surface area contributed by atoms with Crippen molar-refractivity contribution in [3.05, 3.63) is 29.3 Å². The van der Waals surface area contributed by atoms with Crippen LogP contribution in [0.1, 0.15) is 42.6 Å². The van der Waals surface area contributed by atoms with Crippen molar-refractivity contribution in [3.63, 3.8) is 0 Å². The number of benzene rings is 1. The van der Waals surface area contributed by atoms with E-state index >= 15 is 0 Å². The fourth-order valence-corrected chi connectivity index (χ4v) is 2.38. The average molecular weight is 293 g/mol. The first-order chi connectivity index (χ1) is 10.0. The Kier molecular flexibility index (Phi) is 6.21. The van der Waals surface area contributed by atoms with Gasteiger partial charge in [0.25, 0.3) is 5.91 Å². The minimum atomic E-state index is -0.939. The van der Waals surface area contributed by atoms with Crippen molar-refractivity contribution in [2.75, 3.05) is 13.7 Å². The Hall–Kier alpha value is -2.04. The highest BCUT2D eigenvalue weighted by Gasteiger charge is 2.34. The number of carboxylic acids is 1. The van der Waals surface area contributed by atoms with Gasteiger partial charge < -0.3 is 14.7 Å². The molecule has 1 amide bonds. The smallest absolute Gasteiger partial charge is 0.326 e. The zero-order chi connectivity index (χ0) is 16.0. The van der Waals surface area contributed by atoms with Crippen LogP contribution in [0.15, 0.2) is 18.2 Å². The first kappa shape index (κ1) is 17.0. The molecule has 1 aromatic carbocycles. The van der Waals surface area contributed by atoms with Gasteiger partial charge in [0.1, 0.15) is 11.8 Å². The number of hydrogen-bond acceptors (Lipinski definition) is 3. The summed E-state index contributed by atoms with van der Waals surface area (Å²) < 4.78 is 5.11. The fourth-order valence-electron chi connectivity index (χ4n) is 2.38. The molecule has 1 N–H and O–H groups in total. The van der Waals surface area contributed by atoms with E-state index in [-0.39, 0.29) is 5.91 Å². The summed E-state index contributed by atoms with van der Waals surface area (Å²) in [4.78, 5) is 25.0. The van der Waals surface area contributed by atoms with Crippen molar-refractivity contribution in [3.8, 4) is 5.75 Å². The standard InChI is InChI=1S/C14H17NO4.C2H6/c1-9-5-6-10(19-2)8-11(9)13(16)15-7-3-4-12(15)14(17)18;1-2/h5-6,8,12H,3-4,7H2,1-2H3,(H,17,18);1-2H3/t12-;/m0./s1. The molecule has 1 saturated heterocycles. The van der Waals surface area contributed by atoms with Gasteiger partial charge in [-0.25, -0.2) is 4.79 Å². The van der Waals surface area contributed by atoms with E-state index in [4.69, 9.17) is 9.84 Å². The summed E-state index contributed by atoms with van der Waals surface area (Å²) in [6, 6.07) is 4.54. The summed E-state index contributed by atoms with van der Waals surface area (Å²) in [6.45, 7) is 6.32. The molecule has 21 heavy (non-hydrogen) atoms. The van der Waals surface area contributed by atoms with E-state index in [1.54, 1.807) is 18.2 Å². The van der Waals surface area contributed by atoms with E-state index < -0.39 is 12.0 Å². The predicted molar refractivity (Wildman–Crippen MR) is 80.8 cm³/mol. The quantitative estimate of drug-likeness (QED) is 0.930. The predicted octanol–water partition coefficient (Wildman–Crippen LogP) is 2.72. The molecule has 1 atom stereocenters. The van der Waals surface area contributed by atoms with Gasteiger partial charge in [0.2, 0.25) is 0 Å². The number of likely N-dealkylation sites (tertiary alicyclic amines) is 1. The average Bonchev–Trinajstić information content (AvgIpc) is 2.99. The Labute approximate surface area is 125 Å². The van der Waals surface area contributed by atoms with Crippen LogP contribution in [-0.4, -0.2) is 41.6 Å². The van der Waals surface area contributed by atoms with Gasteiger partial charge in [0, 0.05) is 12.1 Å². The van der Waals surface area contributed by atoms with Crippen LogP contribution >= 0.6 is 0 Å². The molecule has 0 saturated carbocycles. The maximum Gasteiger partial charge on any atom is 0.326 e.